The first-order valence-corrected chi connectivity index (χ1v) is 6.18. The summed E-state index contributed by atoms with van der Waals surface area (Å²) in [6.07, 6.45) is -3.83. The maximum Gasteiger partial charge on any atom is 0.573 e. The SMILES string of the molecule is O=C(C(F)=Cc1ccc(OC(F)(F)F)cc1)c1ccccc1. The van der Waals surface area contributed by atoms with Gasteiger partial charge in [0.05, 0.1) is 0 Å². The first-order chi connectivity index (χ1) is 10.3. The minimum atomic E-state index is -4.79. The van der Waals surface area contributed by atoms with E-state index < -0.39 is 23.7 Å². The summed E-state index contributed by atoms with van der Waals surface area (Å²) in [5, 5.41) is 0. The van der Waals surface area contributed by atoms with Gasteiger partial charge in [-0.3, -0.25) is 4.79 Å². The topological polar surface area (TPSA) is 26.3 Å². The molecule has 0 aromatic heterocycles. The van der Waals surface area contributed by atoms with E-state index in [4.69, 9.17) is 0 Å². The molecule has 6 heteroatoms. The predicted molar refractivity (Wildman–Crippen MR) is 73.0 cm³/mol. The number of rotatable bonds is 4. The number of hydrogen-bond donors (Lipinski definition) is 0. The summed E-state index contributed by atoms with van der Waals surface area (Å²) in [6, 6.07) is 12.4. The fourth-order valence-corrected chi connectivity index (χ4v) is 1.71. The number of Topliss-reactive ketones (excluding diaryl/α,β-unsaturated/α-hetero) is 1. The van der Waals surface area contributed by atoms with Gasteiger partial charge in [-0.15, -0.1) is 13.2 Å². The summed E-state index contributed by atoms with van der Waals surface area (Å²) in [7, 11) is 0. The molecule has 0 bridgehead atoms. The molecule has 0 amide bonds. The van der Waals surface area contributed by atoms with Crippen molar-refractivity contribution < 1.29 is 27.1 Å². The minimum Gasteiger partial charge on any atom is -0.406 e. The van der Waals surface area contributed by atoms with E-state index in [1.165, 1.54) is 24.3 Å². The molecule has 0 saturated heterocycles. The standard InChI is InChI=1S/C16H10F4O2/c17-14(15(21)12-4-2-1-3-5-12)10-11-6-8-13(9-7-11)22-16(18,19)20/h1-10H. The number of hydrogen-bond acceptors (Lipinski definition) is 2. The van der Waals surface area contributed by atoms with Gasteiger partial charge < -0.3 is 4.74 Å². The average molecular weight is 310 g/mol. The van der Waals surface area contributed by atoms with Crippen LogP contribution in [0.15, 0.2) is 60.4 Å². The van der Waals surface area contributed by atoms with E-state index in [0.29, 0.717) is 0 Å². The molecule has 2 aromatic carbocycles. The van der Waals surface area contributed by atoms with Crippen LogP contribution in [0.4, 0.5) is 17.6 Å². The molecule has 0 aliphatic heterocycles. The van der Waals surface area contributed by atoms with Crippen LogP contribution in [-0.2, 0) is 0 Å². The molecule has 114 valence electrons. The van der Waals surface area contributed by atoms with Crippen LogP contribution < -0.4 is 4.74 Å². The smallest absolute Gasteiger partial charge is 0.406 e. The lowest BCUT2D eigenvalue weighted by Crippen LogP contribution is -2.16. The van der Waals surface area contributed by atoms with E-state index >= 15 is 0 Å². The molecule has 0 saturated carbocycles. The lowest BCUT2D eigenvalue weighted by molar-refractivity contribution is -0.274. The Morgan fingerprint density at radius 3 is 2.09 bits per heavy atom. The molecule has 22 heavy (non-hydrogen) atoms. The Balaban J connectivity index is 2.13. The van der Waals surface area contributed by atoms with Crippen molar-refractivity contribution in [3.63, 3.8) is 0 Å². The third-order valence-electron chi connectivity index (χ3n) is 2.66. The summed E-state index contributed by atoms with van der Waals surface area (Å²) in [4.78, 5) is 11.8. The molecule has 0 aliphatic rings. The third kappa shape index (κ3) is 4.44. The fraction of sp³-hybridized carbons (Fsp3) is 0.0625. The van der Waals surface area contributed by atoms with Crippen molar-refractivity contribution >= 4 is 11.9 Å². The Labute approximate surface area is 123 Å². The van der Waals surface area contributed by atoms with Gasteiger partial charge >= 0.3 is 6.36 Å². The normalized spacial score (nSPS) is 12.1. The number of ketones is 1. The highest BCUT2D eigenvalue weighted by atomic mass is 19.4. The number of alkyl halides is 3. The lowest BCUT2D eigenvalue weighted by atomic mass is 10.1. The van der Waals surface area contributed by atoms with Gasteiger partial charge in [-0.2, -0.15) is 0 Å². The number of carbonyl (C=O) groups excluding carboxylic acids is 1. The zero-order valence-electron chi connectivity index (χ0n) is 11.1. The quantitative estimate of drug-likeness (QED) is 0.461. The highest BCUT2D eigenvalue weighted by Gasteiger charge is 2.30. The number of benzene rings is 2. The Morgan fingerprint density at radius 1 is 0.955 bits per heavy atom. The molecule has 0 aliphatic carbocycles. The molecule has 0 N–H and O–H groups in total. The highest BCUT2D eigenvalue weighted by Crippen LogP contribution is 2.23. The van der Waals surface area contributed by atoms with Crippen molar-refractivity contribution in [1.82, 2.24) is 0 Å². The number of halogens is 4. The molecular formula is C16H10F4O2. The fourth-order valence-electron chi connectivity index (χ4n) is 1.71. The Hall–Kier alpha value is -2.63. The summed E-state index contributed by atoms with van der Waals surface area (Å²) < 4.78 is 53.6. The van der Waals surface area contributed by atoms with Crippen molar-refractivity contribution in [2.75, 3.05) is 0 Å². The number of allylic oxidation sites excluding steroid dienone is 1. The van der Waals surface area contributed by atoms with Crippen LogP contribution in [0.3, 0.4) is 0 Å². The molecular weight excluding hydrogens is 300 g/mol. The third-order valence-corrected chi connectivity index (χ3v) is 2.66. The van der Waals surface area contributed by atoms with Crippen molar-refractivity contribution in [3.8, 4) is 5.75 Å². The van der Waals surface area contributed by atoms with Gasteiger partial charge in [0.2, 0.25) is 5.78 Å². The van der Waals surface area contributed by atoms with E-state index in [-0.39, 0.29) is 11.1 Å². The maximum atomic E-state index is 13.8. The second kappa shape index (κ2) is 6.43. The molecule has 2 aromatic rings. The average Bonchev–Trinajstić information content (AvgIpc) is 2.48. The van der Waals surface area contributed by atoms with E-state index in [1.807, 2.05) is 0 Å². The second-order valence-electron chi connectivity index (χ2n) is 4.30. The van der Waals surface area contributed by atoms with Crippen LogP contribution in [0.25, 0.3) is 6.08 Å². The van der Waals surface area contributed by atoms with Gasteiger partial charge in [0.15, 0.2) is 5.83 Å². The summed E-state index contributed by atoms with van der Waals surface area (Å²) in [5.74, 6) is -2.22. The van der Waals surface area contributed by atoms with Crippen LogP contribution >= 0.6 is 0 Å². The largest absolute Gasteiger partial charge is 0.573 e. The van der Waals surface area contributed by atoms with Gasteiger partial charge in [0.25, 0.3) is 0 Å². The van der Waals surface area contributed by atoms with Crippen molar-refractivity contribution in [2.24, 2.45) is 0 Å². The van der Waals surface area contributed by atoms with Crippen molar-refractivity contribution in [3.05, 3.63) is 71.6 Å². The molecule has 0 spiro atoms. The Bertz CT molecular complexity index is 674. The van der Waals surface area contributed by atoms with E-state index in [1.54, 1.807) is 18.2 Å². The first kappa shape index (κ1) is 15.8. The van der Waals surface area contributed by atoms with Crippen LogP contribution in [-0.4, -0.2) is 12.1 Å². The van der Waals surface area contributed by atoms with Crippen LogP contribution in [0.1, 0.15) is 15.9 Å². The molecule has 0 atom stereocenters. The van der Waals surface area contributed by atoms with Crippen molar-refractivity contribution in [1.29, 1.82) is 0 Å². The summed E-state index contributed by atoms with van der Waals surface area (Å²) in [5.41, 5.74) is 0.435. The van der Waals surface area contributed by atoms with Crippen LogP contribution in [0.2, 0.25) is 0 Å². The molecule has 0 unspecified atom stereocenters. The molecule has 0 heterocycles. The van der Waals surface area contributed by atoms with Crippen molar-refractivity contribution in [2.45, 2.75) is 6.36 Å². The Kier molecular flexibility index (Phi) is 4.60. The van der Waals surface area contributed by atoms with Crippen LogP contribution in [0, 0.1) is 0 Å². The summed E-state index contributed by atoms with van der Waals surface area (Å²) >= 11 is 0. The van der Waals surface area contributed by atoms with E-state index in [9.17, 15) is 22.4 Å². The zero-order valence-corrected chi connectivity index (χ0v) is 11.1. The predicted octanol–water partition coefficient (Wildman–Crippen LogP) is 4.78. The van der Waals surface area contributed by atoms with Gasteiger partial charge in [0, 0.05) is 5.56 Å². The second-order valence-corrected chi connectivity index (χ2v) is 4.30. The minimum absolute atomic E-state index is 0.188. The van der Waals surface area contributed by atoms with Gasteiger partial charge in [-0.05, 0) is 23.8 Å². The highest BCUT2D eigenvalue weighted by molar-refractivity contribution is 6.09. The molecule has 0 radical (unpaired) electrons. The summed E-state index contributed by atoms with van der Waals surface area (Å²) in [6.45, 7) is 0. The maximum absolute atomic E-state index is 13.8. The zero-order chi connectivity index (χ0) is 16.2. The van der Waals surface area contributed by atoms with E-state index in [0.717, 1.165) is 18.2 Å². The van der Waals surface area contributed by atoms with E-state index in [2.05, 4.69) is 4.74 Å². The molecule has 2 nitrogen and oxygen atoms in total. The number of ether oxygens (including phenoxy) is 1. The molecule has 2 rings (SSSR count). The number of carbonyl (C=O) groups is 1. The Morgan fingerprint density at radius 2 is 1.55 bits per heavy atom. The monoisotopic (exact) mass is 310 g/mol. The van der Waals surface area contributed by atoms with Gasteiger partial charge in [-0.1, -0.05) is 42.5 Å². The lowest BCUT2D eigenvalue weighted by Gasteiger charge is -2.08. The first-order valence-electron chi connectivity index (χ1n) is 6.18. The molecule has 0 fully saturated rings. The van der Waals surface area contributed by atoms with Crippen LogP contribution in [0.5, 0.6) is 5.75 Å². The van der Waals surface area contributed by atoms with Gasteiger partial charge in [0.1, 0.15) is 5.75 Å². The van der Waals surface area contributed by atoms with Gasteiger partial charge in [-0.25, -0.2) is 4.39 Å².